The molecule has 1 rings (SSSR count). The number of amides is 1. The Labute approximate surface area is 146 Å². The number of rotatable bonds is 7. The van der Waals surface area contributed by atoms with E-state index in [9.17, 15) is 18.0 Å². The van der Waals surface area contributed by atoms with Crippen molar-refractivity contribution in [2.45, 2.75) is 56.2 Å². The van der Waals surface area contributed by atoms with Crippen LogP contribution in [-0.4, -0.2) is 19.4 Å². The fraction of sp³-hybridized carbons (Fsp3) is 0.467. The van der Waals surface area contributed by atoms with E-state index >= 15 is 0 Å². The highest BCUT2D eigenvalue weighted by atomic mass is 35.5. The van der Waals surface area contributed by atoms with Gasteiger partial charge in [0, 0.05) is 22.8 Å². The van der Waals surface area contributed by atoms with Gasteiger partial charge in [0.1, 0.15) is 4.90 Å². The van der Waals surface area contributed by atoms with Crippen molar-refractivity contribution in [2.24, 2.45) is 0 Å². The van der Waals surface area contributed by atoms with Crippen molar-refractivity contribution in [1.29, 1.82) is 0 Å². The van der Waals surface area contributed by atoms with Crippen LogP contribution in [0.25, 0.3) is 0 Å². The number of benzene rings is 1. The molecule has 8 heteroatoms. The van der Waals surface area contributed by atoms with Gasteiger partial charge in [0.25, 0.3) is 10.0 Å². The average Bonchev–Trinajstić information content (AvgIpc) is 2.42. The summed E-state index contributed by atoms with van der Waals surface area (Å²) in [7, 11) is -4.04. The molecular formula is C15H20ClNO4S2. The van der Waals surface area contributed by atoms with E-state index in [1.165, 1.54) is 12.1 Å². The van der Waals surface area contributed by atoms with Crippen LogP contribution in [0.4, 0.5) is 0 Å². The summed E-state index contributed by atoms with van der Waals surface area (Å²) in [4.78, 5) is 23.6. The van der Waals surface area contributed by atoms with Crippen molar-refractivity contribution in [3.63, 3.8) is 0 Å². The van der Waals surface area contributed by atoms with Gasteiger partial charge in [0.2, 0.25) is 5.91 Å². The molecule has 0 saturated carbocycles. The average molecular weight is 378 g/mol. The lowest BCUT2D eigenvalue weighted by molar-refractivity contribution is -0.119. The third kappa shape index (κ3) is 5.82. The van der Waals surface area contributed by atoms with Crippen LogP contribution in [0.5, 0.6) is 0 Å². The number of hydrogen-bond donors (Lipinski definition) is 1. The molecule has 0 radical (unpaired) electrons. The normalized spacial score (nSPS) is 11.3. The second-order valence-corrected chi connectivity index (χ2v) is 8.21. The zero-order valence-electron chi connectivity index (χ0n) is 13.3. The Morgan fingerprint density at radius 3 is 2.35 bits per heavy atom. The van der Waals surface area contributed by atoms with E-state index < -0.39 is 15.9 Å². The van der Waals surface area contributed by atoms with Gasteiger partial charge in [0.05, 0.1) is 0 Å². The Hall–Kier alpha value is -1.05. The van der Waals surface area contributed by atoms with Gasteiger partial charge in [-0.15, -0.1) is 0 Å². The molecule has 0 bridgehead atoms. The topological polar surface area (TPSA) is 80.3 Å². The minimum absolute atomic E-state index is 0.0988. The van der Waals surface area contributed by atoms with E-state index in [2.05, 4.69) is 0 Å². The first-order chi connectivity index (χ1) is 10.7. The number of halogens is 1. The number of nitrogens with one attached hydrogen (secondary N) is 1. The lowest BCUT2D eigenvalue weighted by atomic mass is 10.2. The van der Waals surface area contributed by atoms with E-state index in [1.54, 1.807) is 13.8 Å². The van der Waals surface area contributed by atoms with Gasteiger partial charge in [-0.25, -0.2) is 13.1 Å². The minimum Gasteiger partial charge on any atom is -0.287 e. The molecule has 0 aliphatic carbocycles. The Morgan fingerprint density at radius 2 is 1.78 bits per heavy atom. The number of carbonyl (C=O) groups excluding carboxylic acids is 2. The molecule has 0 fully saturated rings. The van der Waals surface area contributed by atoms with Crippen molar-refractivity contribution in [1.82, 2.24) is 4.72 Å². The predicted molar refractivity (Wildman–Crippen MR) is 92.2 cm³/mol. The summed E-state index contributed by atoms with van der Waals surface area (Å²) in [6, 6.07) is 2.83. The maximum absolute atomic E-state index is 12.4. The molecule has 0 saturated heterocycles. The zero-order chi connectivity index (χ0) is 17.6. The first kappa shape index (κ1) is 20.0. The molecule has 0 aliphatic rings. The zero-order valence-corrected chi connectivity index (χ0v) is 15.7. The summed E-state index contributed by atoms with van der Waals surface area (Å²) in [5.41, 5.74) is 0.558. The molecule has 1 N–H and O–H groups in total. The molecule has 1 amide bonds. The van der Waals surface area contributed by atoms with E-state index in [0.717, 1.165) is 11.8 Å². The monoisotopic (exact) mass is 377 g/mol. The van der Waals surface area contributed by atoms with Crippen molar-refractivity contribution >= 4 is 44.4 Å². The molecule has 0 aliphatic heterocycles. The van der Waals surface area contributed by atoms with Crippen LogP contribution in [0.15, 0.2) is 21.9 Å². The van der Waals surface area contributed by atoms with Crippen molar-refractivity contribution in [3.8, 4) is 0 Å². The first-order valence-corrected chi connectivity index (χ1v) is 9.95. The summed E-state index contributed by atoms with van der Waals surface area (Å²) >= 11 is 6.88. The molecule has 0 spiro atoms. The standard InChI is InChI=1S/C15H20ClNO4S2/c1-4-6-14(18)17-23(20,21)13-8-10(3)11(16)9-12(13)22-15(19)7-5-2/h8-9H,4-7H2,1-3H3,(H,17,18). The summed E-state index contributed by atoms with van der Waals surface area (Å²) in [5.74, 6) is -0.573. The Balaban J connectivity index is 3.24. The van der Waals surface area contributed by atoms with Crippen LogP contribution in [0, 0.1) is 6.92 Å². The largest absolute Gasteiger partial charge is 0.287 e. The molecule has 1 aromatic rings. The quantitative estimate of drug-likeness (QED) is 0.733. The van der Waals surface area contributed by atoms with Crippen molar-refractivity contribution in [3.05, 3.63) is 22.7 Å². The minimum atomic E-state index is -4.04. The van der Waals surface area contributed by atoms with E-state index in [1.807, 2.05) is 11.6 Å². The molecule has 0 atom stereocenters. The van der Waals surface area contributed by atoms with Gasteiger partial charge < -0.3 is 0 Å². The second kappa shape index (κ2) is 8.70. The summed E-state index contributed by atoms with van der Waals surface area (Å²) in [6.07, 6.45) is 1.65. The molecule has 0 unspecified atom stereocenters. The second-order valence-electron chi connectivity index (χ2n) is 5.05. The number of thioether (sulfide) groups is 1. The lowest BCUT2D eigenvalue weighted by Crippen LogP contribution is -2.30. The summed E-state index contributed by atoms with van der Waals surface area (Å²) in [6.45, 7) is 5.31. The van der Waals surface area contributed by atoms with Crippen molar-refractivity contribution < 1.29 is 18.0 Å². The highest BCUT2D eigenvalue weighted by Crippen LogP contribution is 2.33. The molecule has 23 heavy (non-hydrogen) atoms. The van der Waals surface area contributed by atoms with Crippen molar-refractivity contribution in [2.75, 3.05) is 0 Å². The van der Waals surface area contributed by atoms with E-state index in [4.69, 9.17) is 11.6 Å². The molecule has 128 valence electrons. The summed E-state index contributed by atoms with van der Waals surface area (Å²) < 4.78 is 26.9. The van der Waals surface area contributed by atoms with Gasteiger partial charge in [0.15, 0.2) is 5.12 Å². The van der Waals surface area contributed by atoms with E-state index in [-0.39, 0.29) is 21.3 Å². The smallest absolute Gasteiger partial charge is 0.265 e. The van der Waals surface area contributed by atoms with Crippen LogP contribution >= 0.6 is 23.4 Å². The third-order valence-corrected chi connectivity index (χ3v) is 5.86. The Morgan fingerprint density at radius 1 is 1.17 bits per heavy atom. The number of aryl methyl sites for hydroxylation is 1. The highest BCUT2D eigenvalue weighted by Gasteiger charge is 2.23. The van der Waals surface area contributed by atoms with Crippen LogP contribution < -0.4 is 4.72 Å². The number of carbonyl (C=O) groups is 2. The van der Waals surface area contributed by atoms with Crippen LogP contribution in [0.1, 0.15) is 45.1 Å². The molecule has 5 nitrogen and oxygen atoms in total. The molecule has 0 heterocycles. The van der Waals surface area contributed by atoms with Crippen LogP contribution in [0.2, 0.25) is 5.02 Å². The van der Waals surface area contributed by atoms with E-state index in [0.29, 0.717) is 29.8 Å². The predicted octanol–water partition coefficient (Wildman–Crippen LogP) is 3.67. The third-order valence-electron chi connectivity index (χ3n) is 2.92. The van der Waals surface area contributed by atoms with Gasteiger partial charge in [-0.1, -0.05) is 37.2 Å². The highest BCUT2D eigenvalue weighted by molar-refractivity contribution is 8.14. The van der Waals surface area contributed by atoms with Gasteiger partial charge in [-0.05, 0) is 37.5 Å². The molecule has 1 aromatic carbocycles. The van der Waals surface area contributed by atoms with Gasteiger partial charge >= 0.3 is 0 Å². The number of hydrogen-bond acceptors (Lipinski definition) is 5. The molecule has 0 aromatic heterocycles. The Bertz CT molecular complexity index is 702. The lowest BCUT2D eigenvalue weighted by Gasteiger charge is -2.12. The first-order valence-electron chi connectivity index (χ1n) is 7.27. The Kier molecular flexibility index (Phi) is 7.57. The summed E-state index contributed by atoms with van der Waals surface area (Å²) in [5, 5.41) is 0.222. The van der Waals surface area contributed by atoms with Gasteiger partial charge in [-0.3, -0.25) is 9.59 Å². The molecular weight excluding hydrogens is 358 g/mol. The maximum Gasteiger partial charge on any atom is 0.265 e. The van der Waals surface area contributed by atoms with Crippen LogP contribution in [-0.2, 0) is 19.6 Å². The SMILES string of the molecule is CCCC(=O)NS(=O)(=O)c1cc(C)c(Cl)cc1SC(=O)CCC. The number of sulfonamides is 1. The van der Waals surface area contributed by atoms with Gasteiger partial charge in [-0.2, -0.15) is 0 Å². The maximum atomic E-state index is 12.4. The fourth-order valence-electron chi connectivity index (χ4n) is 1.79. The van der Waals surface area contributed by atoms with Crippen LogP contribution in [0.3, 0.4) is 0 Å². The fourth-order valence-corrected chi connectivity index (χ4v) is 4.52.